The van der Waals surface area contributed by atoms with Gasteiger partial charge in [-0.15, -0.1) is 0 Å². The van der Waals surface area contributed by atoms with Crippen LogP contribution in [0.2, 0.25) is 0 Å². The maximum absolute atomic E-state index is 3.81. The molecule has 0 heteroatoms. The van der Waals surface area contributed by atoms with Gasteiger partial charge in [0.15, 0.2) is 0 Å². The van der Waals surface area contributed by atoms with E-state index >= 15 is 0 Å². The van der Waals surface area contributed by atoms with E-state index in [1.54, 1.807) is 0 Å². The minimum Gasteiger partial charge on any atom is -0.0885 e. The Bertz CT molecular complexity index is 82.0. The summed E-state index contributed by atoms with van der Waals surface area (Å²) in [5.74, 6) is 0. The first-order chi connectivity index (χ1) is 5.41. The van der Waals surface area contributed by atoms with Crippen LogP contribution in [0.1, 0.15) is 44.9 Å². The van der Waals surface area contributed by atoms with Crippen molar-refractivity contribution in [1.82, 2.24) is 0 Å². The molecule has 0 fully saturated rings. The van der Waals surface area contributed by atoms with Crippen LogP contribution in [0.15, 0.2) is 12.2 Å². The third kappa shape index (κ3) is 9.74. The van der Waals surface area contributed by atoms with Crippen molar-refractivity contribution in [3.8, 4) is 0 Å². The molecule has 0 saturated heterocycles. The molecular formula is C11H20. The summed E-state index contributed by atoms with van der Waals surface area (Å²) in [5.41, 5.74) is 0. The molecule has 2 radical (unpaired) electrons. The number of hydrogen-bond donors (Lipinski definition) is 0. The first-order valence-electron chi connectivity index (χ1n) is 4.65. The fourth-order valence-electron chi connectivity index (χ4n) is 1.09. The second-order valence-corrected chi connectivity index (χ2v) is 2.88. The predicted octanol–water partition coefficient (Wildman–Crippen LogP) is 3.94. The van der Waals surface area contributed by atoms with Crippen molar-refractivity contribution < 1.29 is 0 Å². The highest BCUT2D eigenvalue weighted by Crippen LogP contribution is 2.06. The van der Waals surface area contributed by atoms with Gasteiger partial charge in [0.2, 0.25) is 0 Å². The Morgan fingerprint density at radius 3 is 2.18 bits per heavy atom. The maximum Gasteiger partial charge on any atom is -0.0316 e. The van der Waals surface area contributed by atoms with Crippen molar-refractivity contribution in [2.75, 3.05) is 0 Å². The topological polar surface area (TPSA) is 0 Å². The zero-order valence-corrected chi connectivity index (χ0v) is 7.52. The van der Waals surface area contributed by atoms with E-state index in [1.807, 2.05) is 6.08 Å². The zero-order valence-electron chi connectivity index (χ0n) is 7.52. The largest absolute Gasteiger partial charge is 0.0885 e. The van der Waals surface area contributed by atoms with Gasteiger partial charge in [-0.05, 0) is 19.8 Å². The van der Waals surface area contributed by atoms with Gasteiger partial charge in [0.1, 0.15) is 0 Å². The van der Waals surface area contributed by atoms with Crippen LogP contribution in [0.25, 0.3) is 0 Å². The molecule has 0 aliphatic rings. The Morgan fingerprint density at radius 2 is 1.55 bits per heavy atom. The SMILES string of the molecule is [CH2]/C=C/CCCCCCC[CH2]. The molecule has 0 rings (SSSR count). The van der Waals surface area contributed by atoms with Crippen LogP contribution >= 0.6 is 0 Å². The van der Waals surface area contributed by atoms with Gasteiger partial charge in [0, 0.05) is 0 Å². The van der Waals surface area contributed by atoms with Gasteiger partial charge >= 0.3 is 0 Å². The average Bonchev–Trinajstić information content (AvgIpc) is 2.03. The highest BCUT2D eigenvalue weighted by atomic mass is 13.9. The van der Waals surface area contributed by atoms with Gasteiger partial charge in [-0.2, -0.15) is 0 Å². The van der Waals surface area contributed by atoms with Crippen LogP contribution in [0.5, 0.6) is 0 Å². The minimum atomic E-state index is 1.10. The summed E-state index contributed by atoms with van der Waals surface area (Å²) in [4.78, 5) is 0. The lowest BCUT2D eigenvalue weighted by Gasteiger charge is -1.96. The monoisotopic (exact) mass is 152 g/mol. The molecule has 64 valence electrons. The average molecular weight is 152 g/mol. The molecule has 0 heterocycles. The Morgan fingerprint density at radius 1 is 0.909 bits per heavy atom. The molecule has 0 aliphatic heterocycles. The number of hydrogen-bond acceptors (Lipinski definition) is 0. The molecule has 0 saturated carbocycles. The van der Waals surface area contributed by atoms with Crippen LogP contribution in [0.3, 0.4) is 0 Å². The van der Waals surface area contributed by atoms with E-state index in [1.165, 1.54) is 38.5 Å². The van der Waals surface area contributed by atoms with E-state index in [2.05, 4.69) is 19.9 Å². The second-order valence-electron chi connectivity index (χ2n) is 2.88. The van der Waals surface area contributed by atoms with Crippen LogP contribution in [0.4, 0.5) is 0 Å². The van der Waals surface area contributed by atoms with E-state index in [9.17, 15) is 0 Å². The van der Waals surface area contributed by atoms with E-state index < -0.39 is 0 Å². The third-order valence-corrected chi connectivity index (χ3v) is 1.79. The molecule has 0 amide bonds. The van der Waals surface area contributed by atoms with Gasteiger partial charge in [-0.1, -0.05) is 51.2 Å². The fourth-order valence-corrected chi connectivity index (χ4v) is 1.09. The summed E-state index contributed by atoms with van der Waals surface area (Å²) >= 11 is 0. The molecule has 0 spiro atoms. The van der Waals surface area contributed by atoms with Crippen LogP contribution in [0, 0.1) is 13.8 Å². The van der Waals surface area contributed by atoms with Gasteiger partial charge in [0.25, 0.3) is 0 Å². The van der Waals surface area contributed by atoms with Crippen LogP contribution in [-0.2, 0) is 0 Å². The van der Waals surface area contributed by atoms with E-state index in [0.29, 0.717) is 0 Å². The normalized spacial score (nSPS) is 11.1. The van der Waals surface area contributed by atoms with Crippen LogP contribution in [-0.4, -0.2) is 0 Å². The molecule has 0 N–H and O–H groups in total. The van der Waals surface area contributed by atoms with Crippen molar-refractivity contribution in [1.29, 1.82) is 0 Å². The summed E-state index contributed by atoms with van der Waals surface area (Å²) in [7, 11) is 0. The standard InChI is InChI=1S/C11H20/c1-3-5-7-9-11-10-8-6-4-2/h3,5H,1-2,4,6-11H2/b5-3+. The Hall–Kier alpha value is -0.260. The second kappa shape index (κ2) is 9.74. The summed E-state index contributed by atoms with van der Waals surface area (Å²) < 4.78 is 0. The Labute approximate surface area is 71.7 Å². The number of rotatable bonds is 7. The molecule has 0 nitrogen and oxygen atoms in total. The zero-order chi connectivity index (χ0) is 8.36. The van der Waals surface area contributed by atoms with Crippen molar-refractivity contribution in [3.05, 3.63) is 26.0 Å². The van der Waals surface area contributed by atoms with Crippen molar-refractivity contribution in [3.63, 3.8) is 0 Å². The molecule has 0 aliphatic carbocycles. The Kier molecular flexibility index (Phi) is 9.51. The summed E-state index contributed by atoms with van der Waals surface area (Å²) in [5, 5.41) is 0. The number of allylic oxidation sites excluding steroid dienone is 2. The minimum absolute atomic E-state index is 1.10. The summed E-state index contributed by atoms with van der Waals surface area (Å²) in [6, 6.07) is 0. The predicted molar refractivity (Wildman–Crippen MR) is 52.2 cm³/mol. The molecule has 11 heavy (non-hydrogen) atoms. The van der Waals surface area contributed by atoms with Crippen molar-refractivity contribution >= 4 is 0 Å². The molecule has 0 atom stereocenters. The summed E-state index contributed by atoms with van der Waals surface area (Å²) in [6.07, 6.45) is 13.0. The lowest BCUT2D eigenvalue weighted by molar-refractivity contribution is 0.621. The van der Waals surface area contributed by atoms with Gasteiger partial charge in [0.05, 0.1) is 0 Å². The lowest BCUT2D eigenvalue weighted by atomic mass is 10.1. The first kappa shape index (κ1) is 10.7. The highest BCUT2D eigenvalue weighted by molar-refractivity contribution is 4.83. The molecule has 0 unspecified atom stereocenters. The molecule has 0 aromatic carbocycles. The van der Waals surface area contributed by atoms with Gasteiger partial charge in [-0.25, -0.2) is 0 Å². The summed E-state index contributed by atoms with van der Waals surface area (Å²) in [6.45, 7) is 7.46. The molecular weight excluding hydrogens is 132 g/mol. The fraction of sp³-hybridized carbons (Fsp3) is 0.636. The quantitative estimate of drug-likeness (QED) is 0.485. The van der Waals surface area contributed by atoms with Crippen LogP contribution < -0.4 is 0 Å². The molecule has 0 bridgehead atoms. The van der Waals surface area contributed by atoms with E-state index in [-0.39, 0.29) is 0 Å². The Balaban J connectivity index is 2.79. The molecule has 0 aromatic heterocycles. The maximum atomic E-state index is 3.81. The number of unbranched alkanes of at least 4 members (excludes halogenated alkanes) is 6. The van der Waals surface area contributed by atoms with Crippen molar-refractivity contribution in [2.24, 2.45) is 0 Å². The van der Waals surface area contributed by atoms with Gasteiger partial charge < -0.3 is 0 Å². The van der Waals surface area contributed by atoms with Crippen molar-refractivity contribution in [2.45, 2.75) is 44.9 Å². The smallest absolute Gasteiger partial charge is 0.0316 e. The van der Waals surface area contributed by atoms with E-state index in [4.69, 9.17) is 0 Å². The van der Waals surface area contributed by atoms with Gasteiger partial charge in [-0.3, -0.25) is 0 Å². The lowest BCUT2D eigenvalue weighted by Crippen LogP contribution is -1.77. The third-order valence-electron chi connectivity index (χ3n) is 1.79. The first-order valence-corrected chi connectivity index (χ1v) is 4.65. The molecule has 0 aromatic rings. The highest BCUT2D eigenvalue weighted by Gasteiger charge is 1.87. The van der Waals surface area contributed by atoms with E-state index in [0.717, 1.165) is 6.42 Å².